The summed E-state index contributed by atoms with van der Waals surface area (Å²) < 4.78 is 62.4. The fourth-order valence-corrected chi connectivity index (χ4v) is 4.39. The van der Waals surface area contributed by atoms with Gasteiger partial charge in [-0.25, -0.2) is 18.2 Å². The van der Waals surface area contributed by atoms with E-state index in [2.05, 4.69) is 26.8 Å². The number of nitrogens with two attached hydrogens (primary N) is 1. The standard InChI is InChI=1S/C23H19F3IN3O3Si/c1-31-19-4-2-3-14(21(19)26)15-11-30(12-32-7-8-34-27)23-20(15)18(5-6-29-23)33-22-16(24)9-13(28)10-17(22)25/h2-6,9-11H,7-8,12,28H2,1H3. The van der Waals surface area contributed by atoms with Crippen LogP contribution in [0.4, 0.5) is 18.9 Å². The van der Waals surface area contributed by atoms with Crippen molar-refractivity contribution in [2.45, 2.75) is 12.8 Å². The van der Waals surface area contributed by atoms with E-state index in [-0.39, 0.29) is 29.5 Å². The Balaban J connectivity index is 1.88. The van der Waals surface area contributed by atoms with Crippen LogP contribution in [0.25, 0.3) is 22.2 Å². The van der Waals surface area contributed by atoms with Gasteiger partial charge in [0, 0.05) is 47.9 Å². The monoisotopic (exact) mass is 597 g/mol. The molecule has 4 rings (SSSR count). The van der Waals surface area contributed by atoms with E-state index in [1.54, 1.807) is 22.9 Å². The van der Waals surface area contributed by atoms with Crippen molar-refractivity contribution in [2.24, 2.45) is 0 Å². The third-order valence-electron chi connectivity index (χ3n) is 5.00. The molecule has 2 N–H and O–H groups in total. The van der Waals surface area contributed by atoms with E-state index in [4.69, 9.17) is 19.9 Å². The van der Waals surface area contributed by atoms with Crippen LogP contribution < -0.4 is 15.2 Å². The molecule has 0 atom stereocenters. The minimum atomic E-state index is -0.959. The molecule has 0 aliphatic rings. The van der Waals surface area contributed by atoms with Gasteiger partial charge in [0.1, 0.15) is 25.1 Å². The maximum atomic E-state index is 15.2. The molecule has 0 spiro atoms. The summed E-state index contributed by atoms with van der Waals surface area (Å²) in [5.41, 5.74) is 6.47. The number of aromatic nitrogens is 2. The van der Waals surface area contributed by atoms with Crippen molar-refractivity contribution in [3.63, 3.8) is 0 Å². The molecule has 34 heavy (non-hydrogen) atoms. The molecule has 2 aromatic heterocycles. The van der Waals surface area contributed by atoms with Gasteiger partial charge in [-0.2, -0.15) is 0 Å². The summed E-state index contributed by atoms with van der Waals surface area (Å²) in [6.07, 6.45) is 3.11. The maximum Gasteiger partial charge on any atom is 0.198 e. The summed E-state index contributed by atoms with van der Waals surface area (Å²) in [6, 6.07) is 9.01. The second kappa shape index (κ2) is 10.7. The lowest BCUT2D eigenvalue weighted by atomic mass is 10.0. The fourth-order valence-electron chi connectivity index (χ4n) is 3.51. The number of fused-ring (bicyclic) bond motifs is 1. The number of anilines is 1. The molecule has 0 bridgehead atoms. The molecule has 176 valence electrons. The van der Waals surface area contributed by atoms with Crippen molar-refractivity contribution in [2.75, 3.05) is 19.5 Å². The molecule has 0 saturated carbocycles. The highest BCUT2D eigenvalue weighted by Crippen LogP contribution is 2.41. The number of nitrogens with zero attached hydrogens (tertiary/aromatic N) is 2. The number of benzene rings is 2. The quantitative estimate of drug-likeness (QED) is 0.0850. The van der Waals surface area contributed by atoms with E-state index in [1.165, 1.54) is 25.4 Å². The molecule has 0 unspecified atom stereocenters. The van der Waals surface area contributed by atoms with Crippen molar-refractivity contribution in [3.05, 3.63) is 66.2 Å². The van der Waals surface area contributed by atoms with Crippen LogP contribution >= 0.6 is 21.8 Å². The summed E-state index contributed by atoms with van der Waals surface area (Å²) >= 11 is 2.29. The van der Waals surface area contributed by atoms with E-state index < -0.39 is 23.2 Å². The minimum Gasteiger partial charge on any atom is -0.494 e. The van der Waals surface area contributed by atoms with Crippen LogP contribution in [-0.4, -0.2) is 30.3 Å². The Kier molecular flexibility index (Phi) is 7.63. The first kappa shape index (κ1) is 24.4. The highest BCUT2D eigenvalue weighted by molar-refractivity contribution is 14.1. The number of methoxy groups -OCH3 is 1. The van der Waals surface area contributed by atoms with Crippen LogP contribution in [-0.2, 0) is 11.5 Å². The van der Waals surface area contributed by atoms with Gasteiger partial charge in [0.15, 0.2) is 29.0 Å². The summed E-state index contributed by atoms with van der Waals surface area (Å²) in [4.78, 5) is 4.40. The number of rotatable bonds is 9. The molecule has 2 radical (unpaired) electrons. The average Bonchev–Trinajstić information content (AvgIpc) is 3.18. The SMILES string of the molecule is COc1cccc(-c2cn(COCC[Si]I)c3nccc(Oc4c(F)cc(N)cc4F)c23)c1F. The number of ether oxygens (including phenoxy) is 3. The Morgan fingerprint density at radius 1 is 1.09 bits per heavy atom. The molecule has 2 heterocycles. The Bertz CT molecular complexity index is 1310. The number of hydrogen-bond acceptors (Lipinski definition) is 5. The molecule has 0 fully saturated rings. The highest BCUT2D eigenvalue weighted by Gasteiger charge is 2.22. The van der Waals surface area contributed by atoms with Crippen LogP contribution in [0.3, 0.4) is 0 Å². The van der Waals surface area contributed by atoms with Crippen LogP contribution in [0.1, 0.15) is 0 Å². The smallest absolute Gasteiger partial charge is 0.198 e. The van der Waals surface area contributed by atoms with Crippen molar-refractivity contribution in [1.29, 1.82) is 0 Å². The summed E-state index contributed by atoms with van der Waals surface area (Å²) in [7, 11) is 2.09. The van der Waals surface area contributed by atoms with Crippen LogP contribution in [0.5, 0.6) is 17.2 Å². The number of halogens is 4. The first-order valence-electron chi connectivity index (χ1n) is 10.1. The Morgan fingerprint density at radius 3 is 2.56 bits per heavy atom. The summed E-state index contributed by atoms with van der Waals surface area (Å²) in [5.74, 6) is -2.98. The van der Waals surface area contributed by atoms with Gasteiger partial charge < -0.3 is 24.5 Å². The first-order valence-corrected chi connectivity index (χ1v) is 14.4. The Labute approximate surface area is 208 Å². The number of nitrogen functional groups attached to an aromatic ring is 1. The predicted molar refractivity (Wildman–Crippen MR) is 133 cm³/mol. The molecule has 6 nitrogen and oxygen atoms in total. The molecule has 0 saturated heterocycles. The largest absolute Gasteiger partial charge is 0.494 e. The number of pyridine rings is 1. The lowest BCUT2D eigenvalue weighted by Crippen LogP contribution is -2.04. The maximum absolute atomic E-state index is 15.2. The van der Waals surface area contributed by atoms with Gasteiger partial charge in [0.05, 0.1) is 12.5 Å². The van der Waals surface area contributed by atoms with Crippen molar-refractivity contribution in [3.8, 4) is 28.4 Å². The first-order chi connectivity index (χ1) is 16.4. The molecule has 0 aliphatic carbocycles. The second-order valence-electron chi connectivity index (χ2n) is 7.18. The molecule has 2 aromatic carbocycles. The molecule has 0 aliphatic heterocycles. The summed E-state index contributed by atoms with van der Waals surface area (Å²) in [5, 5.41) is 0.365. The zero-order valence-corrected chi connectivity index (χ0v) is 21.1. The van der Waals surface area contributed by atoms with Gasteiger partial charge in [-0.1, -0.05) is 12.1 Å². The van der Waals surface area contributed by atoms with E-state index in [9.17, 15) is 8.78 Å². The van der Waals surface area contributed by atoms with Crippen LogP contribution in [0.15, 0.2) is 48.8 Å². The van der Waals surface area contributed by atoms with Gasteiger partial charge in [0.2, 0.25) is 0 Å². The van der Waals surface area contributed by atoms with E-state index in [1.807, 2.05) is 0 Å². The highest BCUT2D eigenvalue weighted by atomic mass is 127. The van der Waals surface area contributed by atoms with Crippen LogP contribution in [0, 0.1) is 17.5 Å². The van der Waals surface area contributed by atoms with Crippen LogP contribution in [0.2, 0.25) is 6.04 Å². The molecule has 4 aromatic rings. The van der Waals surface area contributed by atoms with Crippen molar-refractivity contribution in [1.82, 2.24) is 9.55 Å². The Hall–Kier alpha value is -2.77. The van der Waals surface area contributed by atoms with Crippen molar-refractivity contribution >= 4 is 45.5 Å². The fraction of sp³-hybridized carbons (Fsp3) is 0.174. The van der Waals surface area contributed by atoms with Gasteiger partial charge >= 0.3 is 0 Å². The molecule has 11 heteroatoms. The summed E-state index contributed by atoms with van der Waals surface area (Å²) in [6.45, 7) is 0.701. The predicted octanol–water partition coefficient (Wildman–Crippen LogP) is 5.95. The van der Waals surface area contributed by atoms with Gasteiger partial charge in [0.25, 0.3) is 0 Å². The van der Waals surface area contributed by atoms with E-state index in [0.717, 1.165) is 25.2 Å². The molecule has 0 amide bonds. The second-order valence-corrected chi connectivity index (χ2v) is 10.2. The molecular formula is C23H19F3IN3O3Si. The molecular weight excluding hydrogens is 578 g/mol. The number of hydrogen-bond donors (Lipinski definition) is 1. The van der Waals surface area contributed by atoms with Crippen molar-refractivity contribution < 1.29 is 27.4 Å². The lowest BCUT2D eigenvalue weighted by molar-refractivity contribution is 0.0908. The van der Waals surface area contributed by atoms with E-state index in [0.29, 0.717) is 23.2 Å². The third-order valence-corrected chi connectivity index (χ3v) is 7.01. The lowest BCUT2D eigenvalue weighted by Gasteiger charge is -2.12. The normalized spacial score (nSPS) is 11.2. The third kappa shape index (κ3) is 4.86. The zero-order valence-electron chi connectivity index (χ0n) is 17.9. The Morgan fingerprint density at radius 2 is 1.85 bits per heavy atom. The minimum absolute atomic E-state index is 0.0552. The zero-order chi connectivity index (χ0) is 24.2. The van der Waals surface area contributed by atoms with E-state index >= 15 is 4.39 Å². The van der Waals surface area contributed by atoms with Gasteiger partial charge in [-0.3, -0.25) is 0 Å². The van der Waals surface area contributed by atoms with Gasteiger partial charge in [-0.05, 0) is 18.2 Å². The van der Waals surface area contributed by atoms with Gasteiger partial charge in [-0.15, -0.1) is 21.8 Å². The average molecular weight is 597 g/mol. The topological polar surface area (TPSA) is 71.5 Å².